The molecule has 0 aromatic carbocycles. The van der Waals surface area contributed by atoms with E-state index in [9.17, 15) is 4.79 Å². The van der Waals surface area contributed by atoms with Gasteiger partial charge in [0.2, 0.25) is 0 Å². The van der Waals surface area contributed by atoms with E-state index in [1.165, 1.54) is 18.1 Å². The van der Waals surface area contributed by atoms with E-state index in [-0.39, 0.29) is 11.9 Å². The summed E-state index contributed by atoms with van der Waals surface area (Å²) >= 11 is 0. The molecule has 1 amide bonds. The lowest BCUT2D eigenvalue weighted by Gasteiger charge is -2.24. The summed E-state index contributed by atoms with van der Waals surface area (Å²) in [5.41, 5.74) is 2.46. The first-order valence-corrected chi connectivity index (χ1v) is 8.96. The van der Waals surface area contributed by atoms with Crippen molar-refractivity contribution < 1.29 is 4.79 Å². The van der Waals surface area contributed by atoms with Crippen LogP contribution in [-0.2, 0) is 13.6 Å². The molecular weight excluding hydrogens is 342 g/mol. The zero-order chi connectivity index (χ0) is 18.6. The van der Waals surface area contributed by atoms with Gasteiger partial charge in [-0.1, -0.05) is 6.07 Å². The van der Waals surface area contributed by atoms with Crippen molar-refractivity contribution in [2.45, 2.75) is 25.4 Å². The van der Waals surface area contributed by atoms with Gasteiger partial charge in [0.1, 0.15) is 5.69 Å². The summed E-state index contributed by atoms with van der Waals surface area (Å²) in [6.07, 6.45) is 8.56. The van der Waals surface area contributed by atoms with E-state index in [0.29, 0.717) is 11.5 Å². The van der Waals surface area contributed by atoms with Crippen LogP contribution in [0.5, 0.6) is 0 Å². The Morgan fingerprint density at radius 1 is 1.26 bits per heavy atom. The number of hydrogen-bond donors (Lipinski definition) is 1. The third kappa shape index (κ3) is 3.85. The molecule has 0 spiro atoms. The number of rotatable bonds is 5. The van der Waals surface area contributed by atoms with Crippen molar-refractivity contribution in [2.24, 2.45) is 7.05 Å². The maximum atomic E-state index is 12.5. The van der Waals surface area contributed by atoms with E-state index in [2.05, 4.69) is 30.3 Å². The molecule has 27 heavy (non-hydrogen) atoms. The molecule has 4 rings (SSSR count). The maximum absolute atomic E-state index is 12.5. The van der Waals surface area contributed by atoms with Crippen LogP contribution in [0.1, 0.15) is 40.8 Å². The Bertz CT molecular complexity index is 925. The normalized spacial score (nSPS) is 17.1. The number of aryl methyl sites for hydroxylation is 1. The van der Waals surface area contributed by atoms with Crippen LogP contribution in [0, 0.1) is 0 Å². The van der Waals surface area contributed by atoms with Gasteiger partial charge in [0.25, 0.3) is 5.91 Å². The third-order valence-electron chi connectivity index (χ3n) is 4.80. The number of amides is 1. The molecule has 3 aromatic heterocycles. The van der Waals surface area contributed by atoms with Crippen molar-refractivity contribution in [3.63, 3.8) is 0 Å². The standard InChI is InChI=1S/C19H21N7O/c1-25-14(7-8-22-25)13-26-11-3-6-17(26)15-4-2-5-16(23-15)19(27)24-18-12-20-9-10-21-18/h2,4-5,7-10,12,17H,3,6,11,13H2,1H3,(H,21,24,27)/t17-/m1/s1. The third-order valence-corrected chi connectivity index (χ3v) is 4.80. The molecule has 0 radical (unpaired) electrons. The van der Waals surface area contributed by atoms with E-state index in [1.54, 1.807) is 12.3 Å². The van der Waals surface area contributed by atoms with Crippen LogP contribution in [0.3, 0.4) is 0 Å². The summed E-state index contributed by atoms with van der Waals surface area (Å²) in [6, 6.07) is 7.83. The molecule has 1 N–H and O–H groups in total. The second kappa shape index (κ2) is 7.63. The highest BCUT2D eigenvalue weighted by atomic mass is 16.1. The Morgan fingerprint density at radius 2 is 2.19 bits per heavy atom. The smallest absolute Gasteiger partial charge is 0.275 e. The summed E-state index contributed by atoms with van der Waals surface area (Å²) in [6.45, 7) is 1.83. The zero-order valence-corrected chi connectivity index (χ0v) is 15.1. The van der Waals surface area contributed by atoms with Gasteiger partial charge in [-0.05, 0) is 37.6 Å². The monoisotopic (exact) mass is 363 g/mol. The van der Waals surface area contributed by atoms with Gasteiger partial charge < -0.3 is 5.32 Å². The van der Waals surface area contributed by atoms with Gasteiger partial charge >= 0.3 is 0 Å². The number of anilines is 1. The van der Waals surface area contributed by atoms with Crippen molar-refractivity contribution in [1.82, 2.24) is 29.6 Å². The van der Waals surface area contributed by atoms with Crippen LogP contribution < -0.4 is 5.32 Å². The van der Waals surface area contributed by atoms with Crippen LogP contribution in [0.4, 0.5) is 5.82 Å². The molecule has 0 unspecified atom stereocenters. The van der Waals surface area contributed by atoms with E-state index in [4.69, 9.17) is 0 Å². The van der Waals surface area contributed by atoms with E-state index < -0.39 is 0 Å². The molecule has 138 valence electrons. The molecule has 1 atom stereocenters. The number of carbonyl (C=O) groups is 1. The summed E-state index contributed by atoms with van der Waals surface area (Å²) in [5.74, 6) is 0.127. The fraction of sp³-hybridized carbons (Fsp3) is 0.316. The number of aromatic nitrogens is 5. The van der Waals surface area contributed by atoms with Crippen LogP contribution >= 0.6 is 0 Å². The van der Waals surface area contributed by atoms with E-state index in [0.717, 1.165) is 31.6 Å². The van der Waals surface area contributed by atoms with Crippen molar-refractivity contribution >= 4 is 11.7 Å². The average Bonchev–Trinajstić information content (AvgIpc) is 3.32. The second-order valence-electron chi connectivity index (χ2n) is 6.57. The van der Waals surface area contributed by atoms with Crippen LogP contribution in [0.2, 0.25) is 0 Å². The molecule has 3 aromatic rings. The van der Waals surface area contributed by atoms with Gasteiger partial charge in [0, 0.05) is 32.2 Å². The highest BCUT2D eigenvalue weighted by molar-refractivity contribution is 6.02. The Kier molecular flexibility index (Phi) is 4.88. The summed E-state index contributed by atoms with van der Waals surface area (Å²) in [4.78, 5) is 27.5. The minimum absolute atomic E-state index is 0.198. The highest BCUT2D eigenvalue weighted by Gasteiger charge is 2.28. The first-order chi connectivity index (χ1) is 13.2. The van der Waals surface area contributed by atoms with Gasteiger partial charge in [0.15, 0.2) is 5.82 Å². The number of pyridine rings is 1. The molecule has 1 fully saturated rings. The summed E-state index contributed by atoms with van der Waals surface area (Å²) in [7, 11) is 1.95. The minimum Gasteiger partial charge on any atom is -0.304 e. The quantitative estimate of drug-likeness (QED) is 0.747. The molecule has 4 heterocycles. The van der Waals surface area contributed by atoms with Crippen LogP contribution in [0.15, 0.2) is 49.1 Å². The van der Waals surface area contributed by atoms with Crippen molar-refractivity contribution in [3.8, 4) is 0 Å². The number of likely N-dealkylation sites (tertiary alicyclic amines) is 1. The Labute approximate surface area is 157 Å². The topological polar surface area (TPSA) is 88.8 Å². The second-order valence-corrected chi connectivity index (χ2v) is 6.57. The largest absolute Gasteiger partial charge is 0.304 e. The Hall–Kier alpha value is -3.13. The van der Waals surface area contributed by atoms with Crippen molar-refractivity contribution in [3.05, 3.63) is 66.1 Å². The predicted molar refractivity (Wildman–Crippen MR) is 99.8 cm³/mol. The predicted octanol–water partition coefficient (Wildman–Crippen LogP) is 2.19. The molecule has 0 aliphatic carbocycles. The van der Waals surface area contributed by atoms with Gasteiger partial charge in [-0.25, -0.2) is 9.97 Å². The van der Waals surface area contributed by atoms with Gasteiger partial charge in [-0.3, -0.25) is 19.4 Å². The number of nitrogens with one attached hydrogen (secondary N) is 1. The van der Waals surface area contributed by atoms with Crippen molar-refractivity contribution in [2.75, 3.05) is 11.9 Å². The molecule has 1 saturated heterocycles. The first-order valence-electron chi connectivity index (χ1n) is 8.96. The first kappa shape index (κ1) is 17.3. The fourth-order valence-corrected chi connectivity index (χ4v) is 3.42. The maximum Gasteiger partial charge on any atom is 0.275 e. The Balaban J connectivity index is 1.51. The molecular formula is C19H21N7O. The fourth-order valence-electron chi connectivity index (χ4n) is 3.42. The lowest BCUT2D eigenvalue weighted by molar-refractivity contribution is 0.102. The molecule has 0 saturated carbocycles. The van der Waals surface area contributed by atoms with Gasteiger partial charge in [-0.15, -0.1) is 0 Å². The summed E-state index contributed by atoms with van der Waals surface area (Å²) in [5, 5.41) is 6.97. The van der Waals surface area contributed by atoms with Gasteiger partial charge in [0.05, 0.1) is 23.6 Å². The van der Waals surface area contributed by atoms with Crippen LogP contribution in [0.25, 0.3) is 0 Å². The number of nitrogens with zero attached hydrogens (tertiary/aromatic N) is 6. The van der Waals surface area contributed by atoms with E-state index in [1.807, 2.05) is 36.1 Å². The van der Waals surface area contributed by atoms with Gasteiger partial charge in [-0.2, -0.15) is 5.10 Å². The minimum atomic E-state index is -0.284. The van der Waals surface area contributed by atoms with E-state index >= 15 is 0 Å². The SMILES string of the molecule is Cn1nccc1CN1CCC[C@@H]1c1cccc(C(=O)Nc2cnccn2)n1. The molecule has 1 aliphatic rings. The molecule has 1 aliphatic heterocycles. The molecule has 0 bridgehead atoms. The zero-order valence-electron chi connectivity index (χ0n) is 15.1. The Morgan fingerprint density at radius 3 is 2.96 bits per heavy atom. The lowest BCUT2D eigenvalue weighted by atomic mass is 10.1. The summed E-state index contributed by atoms with van der Waals surface area (Å²) < 4.78 is 1.90. The van der Waals surface area contributed by atoms with Crippen LogP contribution in [-0.4, -0.2) is 42.1 Å². The average molecular weight is 363 g/mol. The molecule has 8 heteroatoms. The lowest BCUT2D eigenvalue weighted by Crippen LogP contribution is -2.25. The number of hydrogen-bond acceptors (Lipinski definition) is 6. The number of carbonyl (C=O) groups excluding carboxylic acids is 1. The molecule has 8 nitrogen and oxygen atoms in total. The van der Waals surface area contributed by atoms with Crippen molar-refractivity contribution in [1.29, 1.82) is 0 Å². The highest BCUT2D eigenvalue weighted by Crippen LogP contribution is 2.32.